The maximum absolute atomic E-state index is 10.8. The summed E-state index contributed by atoms with van der Waals surface area (Å²) in [5.74, 6) is 1.19. The molecule has 0 atom stereocenters. The second kappa shape index (κ2) is 7.17. The lowest BCUT2D eigenvalue weighted by Crippen LogP contribution is -2.20. The minimum atomic E-state index is 0.228. The fraction of sp³-hybridized carbons (Fsp3) is 0.533. The normalized spacial score (nSPS) is 10.4. The number of Topliss-reactive ketones (excluding diaryl/α,β-unsaturated/α-hetero) is 1. The van der Waals surface area contributed by atoms with E-state index in [4.69, 9.17) is 4.74 Å². The number of ketones is 1. The molecule has 0 amide bonds. The predicted molar refractivity (Wildman–Crippen MR) is 74.3 cm³/mol. The number of nitrogens with one attached hydrogen (secondary N) is 1. The number of carbonyl (C=O) groups is 1. The molecule has 0 aliphatic rings. The van der Waals surface area contributed by atoms with E-state index in [1.165, 1.54) is 16.7 Å². The molecule has 3 heteroatoms. The van der Waals surface area contributed by atoms with Crippen molar-refractivity contribution in [3.05, 3.63) is 28.8 Å². The molecule has 1 N–H and O–H groups in total. The van der Waals surface area contributed by atoms with E-state index >= 15 is 0 Å². The first-order valence-corrected chi connectivity index (χ1v) is 6.39. The van der Waals surface area contributed by atoms with Crippen molar-refractivity contribution in [2.24, 2.45) is 0 Å². The van der Waals surface area contributed by atoms with Gasteiger partial charge in [0.05, 0.1) is 7.11 Å². The highest BCUT2D eigenvalue weighted by Crippen LogP contribution is 2.24. The van der Waals surface area contributed by atoms with Crippen LogP contribution in [0.2, 0.25) is 0 Å². The Hall–Kier alpha value is -1.35. The van der Waals surface area contributed by atoms with Gasteiger partial charge in [-0.05, 0) is 56.5 Å². The van der Waals surface area contributed by atoms with E-state index in [-0.39, 0.29) is 5.78 Å². The van der Waals surface area contributed by atoms with Crippen LogP contribution in [0.3, 0.4) is 0 Å². The van der Waals surface area contributed by atoms with E-state index in [2.05, 4.69) is 31.3 Å². The van der Waals surface area contributed by atoms with Gasteiger partial charge in [-0.3, -0.25) is 4.79 Å². The first kappa shape index (κ1) is 14.7. The van der Waals surface area contributed by atoms with Gasteiger partial charge in [0.2, 0.25) is 0 Å². The molecule has 0 radical (unpaired) electrons. The third kappa shape index (κ3) is 4.49. The third-order valence-electron chi connectivity index (χ3n) is 3.00. The van der Waals surface area contributed by atoms with Gasteiger partial charge in [0.15, 0.2) is 0 Å². The van der Waals surface area contributed by atoms with Crippen molar-refractivity contribution in [1.29, 1.82) is 0 Å². The van der Waals surface area contributed by atoms with E-state index in [0.29, 0.717) is 6.42 Å². The van der Waals surface area contributed by atoms with Gasteiger partial charge in [0.25, 0.3) is 0 Å². The summed E-state index contributed by atoms with van der Waals surface area (Å²) in [5, 5.41) is 3.28. The molecular formula is C15H23NO2. The van der Waals surface area contributed by atoms with Gasteiger partial charge in [-0.15, -0.1) is 0 Å². The highest BCUT2D eigenvalue weighted by molar-refractivity contribution is 5.75. The Balaban J connectivity index is 2.53. The molecule has 0 unspecified atom stereocenters. The molecule has 1 aromatic rings. The average Bonchev–Trinajstić information content (AvgIpc) is 2.30. The first-order valence-electron chi connectivity index (χ1n) is 6.39. The van der Waals surface area contributed by atoms with Crippen LogP contribution in [0.25, 0.3) is 0 Å². The topological polar surface area (TPSA) is 38.3 Å². The van der Waals surface area contributed by atoms with Gasteiger partial charge in [-0.25, -0.2) is 0 Å². The average molecular weight is 249 g/mol. The molecular weight excluding hydrogens is 226 g/mol. The molecule has 0 aliphatic heterocycles. The van der Waals surface area contributed by atoms with Gasteiger partial charge in [-0.2, -0.15) is 0 Å². The summed E-state index contributed by atoms with van der Waals surface area (Å²) in [4.78, 5) is 10.8. The number of hydrogen-bond donors (Lipinski definition) is 1. The molecule has 0 aromatic heterocycles. The number of hydrogen-bond acceptors (Lipinski definition) is 3. The second-order valence-corrected chi connectivity index (χ2v) is 4.71. The van der Waals surface area contributed by atoms with Crippen molar-refractivity contribution in [3.63, 3.8) is 0 Å². The van der Waals surface area contributed by atoms with Crippen LogP contribution in [0.5, 0.6) is 5.75 Å². The summed E-state index contributed by atoms with van der Waals surface area (Å²) in [7, 11) is 1.71. The van der Waals surface area contributed by atoms with Crippen molar-refractivity contribution < 1.29 is 9.53 Å². The number of methoxy groups -OCH3 is 1. The Labute approximate surface area is 110 Å². The standard InChI is InChI=1S/C15H23NO2/c1-11-9-12(2)14(15(10-11)18-4)6-8-16-7-5-13(3)17/h9-10,16H,5-8H2,1-4H3. The molecule has 0 heterocycles. The van der Waals surface area contributed by atoms with Crippen molar-refractivity contribution in [1.82, 2.24) is 5.32 Å². The van der Waals surface area contributed by atoms with E-state index < -0.39 is 0 Å². The van der Waals surface area contributed by atoms with Crippen LogP contribution >= 0.6 is 0 Å². The zero-order valence-corrected chi connectivity index (χ0v) is 11.8. The van der Waals surface area contributed by atoms with Crippen LogP contribution in [0.1, 0.15) is 30.0 Å². The Kier molecular flexibility index (Phi) is 5.86. The summed E-state index contributed by atoms with van der Waals surface area (Å²) in [6.45, 7) is 7.43. The summed E-state index contributed by atoms with van der Waals surface area (Å²) < 4.78 is 5.42. The fourth-order valence-corrected chi connectivity index (χ4v) is 2.06. The quantitative estimate of drug-likeness (QED) is 0.754. The molecule has 0 saturated heterocycles. The lowest BCUT2D eigenvalue weighted by Gasteiger charge is -2.13. The molecule has 0 spiro atoms. The van der Waals surface area contributed by atoms with Crippen LogP contribution < -0.4 is 10.1 Å². The highest BCUT2D eigenvalue weighted by atomic mass is 16.5. The van der Waals surface area contributed by atoms with Crippen molar-refractivity contribution in [2.45, 2.75) is 33.6 Å². The molecule has 0 aliphatic carbocycles. The van der Waals surface area contributed by atoms with E-state index in [1.54, 1.807) is 14.0 Å². The maximum atomic E-state index is 10.8. The summed E-state index contributed by atoms with van der Waals surface area (Å²) >= 11 is 0. The SMILES string of the molecule is COc1cc(C)cc(C)c1CCNCCC(C)=O. The zero-order chi connectivity index (χ0) is 13.5. The summed E-state index contributed by atoms with van der Waals surface area (Å²) in [5.41, 5.74) is 3.73. The van der Waals surface area contributed by atoms with Gasteiger partial charge in [0.1, 0.15) is 11.5 Å². The second-order valence-electron chi connectivity index (χ2n) is 4.71. The van der Waals surface area contributed by atoms with Gasteiger partial charge in [-0.1, -0.05) is 6.07 Å². The lowest BCUT2D eigenvalue weighted by atomic mass is 10.0. The number of aryl methyl sites for hydroxylation is 2. The first-order chi connectivity index (χ1) is 8.54. The lowest BCUT2D eigenvalue weighted by molar-refractivity contribution is -0.116. The minimum Gasteiger partial charge on any atom is -0.496 e. The number of carbonyl (C=O) groups excluding carboxylic acids is 1. The zero-order valence-electron chi connectivity index (χ0n) is 11.8. The highest BCUT2D eigenvalue weighted by Gasteiger charge is 2.07. The molecule has 0 bridgehead atoms. The van der Waals surface area contributed by atoms with Crippen LogP contribution in [0.15, 0.2) is 12.1 Å². The summed E-state index contributed by atoms with van der Waals surface area (Å²) in [6.07, 6.45) is 1.53. The maximum Gasteiger partial charge on any atom is 0.131 e. The van der Waals surface area contributed by atoms with Crippen LogP contribution in [0.4, 0.5) is 0 Å². The number of rotatable bonds is 7. The Morgan fingerprint density at radius 3 is 2.61 bits per heavy atom. The summed E-state index contributed by atoms with van der Waals surface area (Å²) in [6, 6.07) is 4.24. The van der Waals surface area contributed by atoms with Gasteiger partial charge < -0.3 is 10.1 Å². The smallest absolute Gasteiger partial charge is 0.131 e. The fourth-order valence-electron chi connectivity index (χ4n) is 2.06. The molecule has 100 valence electrons. The van der Waals surface area contributed by atoms with E-state index in [9.17, 15) is 4.79 Å². The Morgan fingerprint density at radius 1 is 1.28 bits per heavy atom. The van der Waals surface area contributed by atoms with Crippen molar-refractivity contribution in [2.75, 3.05) is 20.2 Å². The molecule has 3 nitrogen and oxygen atoms in total. The van der Waals surface area contributed by atoms with Crippen molar-refractivity contribution >= 4 is 5.78 Å². The van der Waals surface area contributed by atoms with E-state index in [1.807, 2.05) is 0 Å². The largest absolute Gasteiger partial charge is 0.496 e. The minimum absolute atomic E-state index is 0.228. The molecule has 1 rings (SSSR count). The van der Waals surface area contributed by atoms with Crippen LogP contribution in [-0.2, 0) is 11.2 Å². The third-order valence-corrected chi connectivity index (χ3v) is 3.00. The van der Waals surface area contributed by atoms with E-state index in [0.717, 1.165) is 25.3 Å². The van der Waals surface area contributed by atoms with Crippen LogP contribution in [0, 0.1) is 13.8 Å². The van der Waals surface area contributed by atoms with Crippen molar-refractivity contribution in [3.8, 4) is 5.75 Å². The monoisotopic (exact) mass is 249 g/mol. The predicted octanol–water partition coefficient (Wildman–Crippen LogP) is 2.42. The number of ether oxygens (including phenoxy) is 1. The van der Waals surface area contributed by atoms with Crippen LogP contribution in [-0.4, -0.2) is 26.0 Å². The molecule has 0 fully saturated rings. The molecule has 1 aromatic carbocycles. The Bertz CT molecular complexity index is 413. The molecule has 0 saturated carbocycles. The number of benzene rings is 1. The van der Waals surface area contributed by atoms with Gasteiger partial charge >= 0.3 is 0 Å². The van der Waals surface area contributed by atoms with Gasteiger partial charge in [0, 0.05) is 13.0 Å². The Morgan fingerprint density at radius 2 is 2.00 bits per heavy atom. The molecule has 18 heavy (non-hydrogen) atoms.